The number of aromatic nitrogens is 2. The summed E-state index contributed by atoms with van der Waals surface area (Å²) in [6.45, 7) is 10.8. The maximum absolute atomic E-state index is 12.4. The number of piperidine rings is 1. The number of hydrogen-bond acceptors (Lipinski definition) is 2. The number of fused-ring (bicyclic) bond motifs is 1. The number of allylic oxidation sites excluding steroid dienone is 1. The summed E-state index contributed by atoms with van der Waals surface area (Å²) < 4.78 is 26.8. The van der Waals surface area contributed by atoms with Gasteiger partial charge in [0.25, 0.3) is 5.92 Å². The molecular weight excluding hydrogens is 380 g/mol. The number of nitrogens with zero attached hydrogens (tertiary/aromatic N) is 3. The Morgan fingerprint density at radius 3 is 2.30 bits per heavy atom. The monoisotopic (exact) mass is 411 g/mol. The molecule has 2 aromatic heterocycles. The average molecular weight is 412 g/mol. The summed E-state index contributed by atoms with van der Waals surface area (Å²) in [5.41, 5.74) is 5.32. The lowest BCUT2D eigenvalue weighted by Gasteiger charge is -2.28. The number of halogens is 2. The Kier molecular flexibility index (Phi) is 7.68. The molecule has 4 rings (SSSR count). The highest BCUT2D eigenvalue weighted by Gasteiger charge is 2.32. The van der Waals surface area contributed by atoms with Gasteiger partial charge in [-0.05, 0) is 49.4 Å². The molecule has 0 atom stereocenters. The molecule has 160 valence electrons. The predicted octanol–water partition coefficient (Wildman–Crippen LogP) is 6.69. The Morgan fingerprint density at radius 2 is 1.77 bits per heavy atom. The van der Waals surface area contributed by atoms with Gasteiger partial charge in [-0.25, -0.2) is 13.8 Å². The van der Waals surface area contributed by atoms with Gasteiger partial charge in [0.15, 0.2) is 0 Å². The van der Waals surface area contributed by atoms with E-state index in [1.54, 1.807) is 0 Å². The van der Waals surface area contributed by atoms with Gasteiger partial charge in [-0.3, -0.25) is 0 Å². The van der Waals surface area contributed by atoms with Gasteiger partial charge in [-0.2, -0.15) is 0 Å². The first kappa shape index (κ1) is 23.5. The zero-order chi connectivity index (χ0) is 21.0. The minimum absolute atomic E-state index is 0. The fraction of sp³-hybridized carbons (Fsp3) is 0.320. The maximum atomic E-state index is 12.4. The molecular formula is C25H31F2N3. The SMILES string of the molecule is C.C=Cc1cnc2c(ccn2-c2ccc(C(=C)C)cc2)c1.CN1CCC(F)(F)CC1. The van der Waals surface area contributed by atoms with Crippen LogP contribution in [0.3, 0.4) is 0 Å². The van der Waals surface area contributed by atoms with Gasteiger partial charge in [0.05, 0.1) is 0 Å². The van der Waals surface area contributed by atoms with E-state index < -0.39 is 5.92 Å². The number of alkyl halides is 2. The molecule has 0 aliphatic carbocycles. The van der Waals surface area contributed by atoms with Crippen LogP contribution in [0.1, 0.15) is 38.3 Å². The number of hydrogen-bond donors (Lipinski definition) is 0. The Balaban J connectivity index is 0.000000272. The van der Waals surface area contributed by atoms with Gasteiger partial charge in [-0.15, -0.1) is 0 Å². The first-order chi connectivity index (χ1) is 13.8. The van der Waals surface area contributed by atoms with Crippen molar-refractivity contribution in [2.45, 2.75) is 33.1 Å². The highest BCUT2D eigenvalue weighted by Crippen LogP contribution is 2.26. The van der Waals surface area contributed by atoms with Gasteiger partial charge in [0, 0.05) is 49.4 Å². The van der Waals surface area contributed by atoms with E-state index in [-0.39, 0.29) is 20.3 Å². The zero-order valence-electron chi connectivity index (χ0n) is 17.0. The molecule has 0 amide bonds. The molecule has 5 heteroatoms. The average Bonchev–Trinajstić information content (AvgIpc) is 3.14. The molecule has 1 aliphatic heterocycles. The van der Waals surface area contributed by atoms with Crippen molar-refractivity contribution in [2.24, 2.45) is 0 Å². The molecule has 0 saturated carbocycles. The fourth-order valence-corrected chi connectivity index (χ4v) is 3.21. The van der Waals surface area contributed by atoms with E-state index in [0.29, 0.717) is 13.1 Å². The highest BCUT2D eigenvalue weighted by molar-refractivity contribution is 5.80. The summed E-state index contributed by atoms with van der Waals surface area (Å²) in [5, 5.41) is 1.12. The van der Waals surface area contributed by atoms with Crippen LogP contribution in [0.5, 0.6) is 0 Å². The van der Waals surface area contributed by atoms with Crippen LogP contribution >= 0.6 is 0 Å². The third kappa shape index (κ3) is 5.63. The Bertz CT molecular complexity index is 993. The summed E-state index contributed by atoms with van der Waals surface area (Å²) in [6, 6.07) is 12.5. The van der Waals surface area contributed by atoms with Gasteiger partial charge in [0.2, 0.25) is 0 Å². The largest absolute Gasteiger partial charge is 0.306 e. The van der Waals surface area contributed by atoms with Crippen molar-refractivity contribution >= 4 is 22.7 Å². The minimum atomic E-state index is -2.38. The summed E-state index contributed by atoms with van der Waals surface area (Å²) in [5.74, 6) is -2.38. The molecule has 1 aliphatic rings. The second-order valence-electron chi connectivity index (χ2n) is 7.56. The van der Waals surface area contributed by atoms with Gasteiger partial charge >= 0.3 is 0 Å². The van der Waals surface area contributed by atoms with Crippen LogP contribution in [0.4, 0.5) is 8.78 Å². The van der Waals surface area contributed by atoms with Crippen molar-refractivity contribution in [1.29, 1.82) is 0 Å². The minimum Gasteiger partial charge on any atom is -0.306 e. The molecule has 3 nitrogen and oxygen atoms in total. The van der Waals surface area contributed by atoms with Crippen molar-refractivity contribution in [2.75, 3.05) is 20.1 Å². The third-order valence-corrected chi connectivity index (χ3v) is 5.14. The number of rotatable bonds is 3. The quantitative estimate of drug-likeness (QED) is 0.479. The Hall–Kier alpha value is -2.79. The normalized spacial score (nSPS) is 15.6. The number of likely N-dealkylation sites (tertiary alicyclic amines) is 1. The van der Waals surface area contributed by atoms with Gasteiger partial charge < -0.3 is 9.47 Å². The molecule has 0 bridgehead atoms. The molecule has 30 heavy (non-hydrogen) atoms. The standard InChI is InChI=1S/C18H16N2.C6H11F2N.CH4/c1-4-14-11-16-9-10-20(18(16)19-12-14)17-7-5-15(6-8-17)13(2)3;1-9-4-2-6(7,8)3-5-9;/h4-12H,1-2H2,3H3;2-5H2,1H3;1H4. The molecule has 3 aromatic rings. The number of benzene rings is 1. The third-order valence-electron chi connectivity index (χ3n) is 5.14. The first-order valence-corrected chi connectivity index (χ1v) is 9.71. The molecule has 1 saturated heterocycles. The van der Waals surface area contributed by atoms with Crippen LogP contribution in [0.15, 0.2) is 61.9 Å². The van der Waals surface area contributed by atoms with Gasteiger partial charge in [-0.1, -0.05) is 44.4 Å². The van der Waals surface area contributed by atoms with E-state index in [4.69, 9.17) is 0 Å². The van der Waals surface area contributed by atoms with Crippen molar-refractivity contribution in [1.82, 2.24) is 14.5 Å². The van der Waals surface area contributed by atoms with Crippen molar-refractivity contribution in [3.63, 3.8) is 0 Å². The van der Waals surface area contributed by atoms with Crippen LogP contribution < -0.4 is 0 Å². The second-order valence-corrected chi connectivity index (χ2v) is 7.56. The summed E-state index contributed by atoms with van der Waals surface area (Å²) in [4.78, 5) is 6.45. The molecule has 0 unspecified atom stereocenters. The zero-order valence-corrected chi connectivity index (χ0v) is 17.0. The van der Waals surface area contributed by atoms with E-state index in [0.717, 1.165) is 33.4 Å². The van der Waals surface area contributed by atoms with Crippen LogP contribution in [0.2, 0.25) is 0 Å². The predicted molar refractivity (Wildman–Crippen MR) is 124 cm³/mol. The van der Waals surface area contributed by atoms with Crippen molar-refractivity contribution in [3.8, 4) is 5.69 Å². The lowest BCUT2D eigenvalue weighted by atomic mass is 10.1. The molecule has 1 aromatic carbocycles. The van der Waals surface area contributed by atoms with Crippen LogP contribution in [0, 0.1) is 0 Å². The maximum Gasteiger partial charge on any atom is 0.250 e. The lowest BCUT2D eigenvalue weighted by Crippen LogP contribution is -2.36. The number of pyridine rings is 1. The molecule has 0 radical (unpaired) electrons. The summed E-state index contributed by atoms with van der Waals surface area (Å²) in [6.07, 6.45) is 5.76. The molecule has 0 N–H and O–H groups in total. The Labute approximate surface area is 178 Å². The van der Waals surface area contributed by atoms with Gasteiger partial charge in [0.1, 0.15) is 5.65 Å². The fourth-order valence-electron chi connectivity index (χ4n) is 3.21. The Morgan fingerprint density at radius 1 is 1.13 bits per heavy atom. The smallest absolute Gasteiger partial charge is 0.250 e. The van der Waals surface area contributed by atoms with E-state index in [2.05, 4.69) is 59.1 Å². The van der Waals surface area contributed by atoms with Crippen LogP contribution in [0.25, 0.3) is 28.4 Å². The molecule has 0 spiro atoms. The van der Waals surface area contributed by atoms with Crippen LogP contribution in [-0.4, -0.2) is 40.5 Å². The summed E-state index contributed by atoms with van der Waals surface area (Å²) in [7, 11) is 1.87. The van der Waals surface area contributed by atoms with Crippen molar-refractivity contribution < 1.29 is 8.78 Å². The molecule has 3 heterocycles. The van der Waals surface area contributed by atoms with E-state index in [1.165, 1.54) is 0 Å². The van der Waals surface area contributed by atoms with E-state index >= 15 is 0 Å². The second kappa shape index (κ2) is 9.81. The lowest BCUT2D eigenvalue weighted by molar-refractivity contribution is -0.0504. The molecule has 1 fully saturated rings. The van der Waals surface area contributed by atoms with E-state index in [9.17, 15) is 8.78 Å². The highest BCUT2D eigenvalue weighted by atomic mass is 19.3. The topological polar surface area (TPSA) is 21.1 Å². The van der Waals surface area contributed by atoms with Crippen molar-refractivity contribution in [3.05, 3.63) is 73.1 Å². The summed E-state index contributed by atoms with van der Waals surface area (Å²) >= 11 is 0. The van der Waals surface area contributed by atoms with Crippen LogP contribution in [-0.2, 0) is 0 Å². The first-order valence-electron chi connectivity index (χ1n) is 9.71. The van der Waals surface area contributed by atoms with E-state index in [1.807, 2.05) is 37.3 Å².